The summed E-state index contributed by atoms with van der Waals surface area (Å²) in [5.74, 6) is 0.413. The zero-order valence-corrected chi connectivity index (χ0v) is 13.3. The summed E-state index contributed by atoms with van der Waals surface area (Å²) in [5.41, 5.74) is -0.173. The average Bonchev–Trinajstić information content (AvgIpc) is 2.77. The second-order valence-corrected chi connectivity index (χ2v) is 6.27. The smallest absolute Gasteiger partial charge is 0.323 e. The topological polar surface area (TPSA) is 72.6 Å². The highest BCUT2D eigenvalue weighted by atomic mass is 79.9. The third-order valence-corrected chi connectivity index (χ3v) is 4.43. The molecule has 106 valence electrons. The van der Waals surface area contributed by atoms with Crippen LogP contribution in [0.15, 0.2) is 28.7 Å². The molecule has 1 heterocycles. The number of nitro groups is 1. The number of halogens is 2. The van der Waals surface area contributed by atoms with Crippen LogP contribution in [-0.2, 0) is 0 Å². The lowest BCUT2D eigenvalue weighted by Crippen LogP contribution is -1.90. The first-order valence-electron chi connectivity index (χ1n) is 5.47. The molecule has 1 aromatic carbocycles. The first-order valence-corrected chi connectivity index (χ1v) is 7.46. The van der Waals surface area contributed by atoms with Crippen molar-refractivity contribution in [2.24, 2.45) is 0 Å². The highest BCUT2D eigenvalue weighted by molar-refractivity contribution is 9.10. The van der Waals surface area contributed by atoms with Gasteiger partial charge >= 0.3 is 5.69 Å². The molecular formula is C12H9BrClNO4S. The van der Waals surface area contributed by atoms with E-state index < -0.39 is 11.0 Å². The average molecular weight is 379 g/mol. The lowest BCUT2D eigenvalue weighted by molar-refractivity contribution is -0.385. The van der Waals surface area contributed by atoms with Crippen LogP contribution in [0.5, 0.6) is 10.8 Å². The van der Waals surface area contributed by atoms with Crippen molar-refractivity contribution in [2.75, 3.05) is 0 Å². The lowest BCUT2D eigenvalue weighted by atomic mass is 10.3. The molecule has 0 unspecified atom stereocenters. The third kappa shape index (κ3) is 3.29. The third-order valence-electron chi connectivity index (χ3n) is 2.40. The summed E-state index contributed by atoms with van der Waals surface area (Å²) >= 11 is 10.1. The Balaban J connectivity index is 2.39. The number of aliphatic hydroxyl groups is 1. The van der Waals surface area contributed by atoms with Crippen molar-refractivity contribution >= 4 is 44.6 Å². The molecule has 0 radical (unpaired) electrons. The molecule has 5 nitrogen and oxygen atoms in total. The number of nitrogens with zero attached hydrogens (tertiary/aromatic N) is 1. The normalized spacial score (nSPS) is 12.2. The van der Waals surface area contributed by atoms with E-state index in [9.17, 15) is 15.2 Å². The molecule has 0 saturated carbocycles. The summed E-state index contributed by atoms with van der Waals surface area (Å²) in [7, 11) is 0. The molecule has 0 bridgehead atoms. The minimum absolute atomic E-state index is 0.119. The van der Waals surface area contributed by atoms with E-state index in [1.807, 2.05) is 0 Å². The summed E-state index contributed by atoms with van der Waals surface area (Å²) < 4.78 is 6.14. The van der Waals surface area contributed by atoms with E-state index in [4.69, 9.17) is 16.3 Å². The van der Waals surface area contributed by atoms with Gasteiger partial charge in [-0.1, -0.05) is 22.9 Å². The van der Waals surface area contributed by atoms with Gasteiger partial charge in [-0.2, -0.15) is 0 Å². The van der Waals surface area contributed by atoms with Crippen LogP contribution < -0.4 is 4.74 Å². The van der Waals surface area contributed by atoms with Gasteiger partial charge in [-0.3, -0.25) is 10.1 Å². The highest BCUT2D eigenvalue weighted by Gasteiger charge is 2.23. The van der Waals surface area contributed by atoms with Gasteiger partial charge in [0.25, 0.3) is 5.06 Å². The van der Waals surface area contributed by atoms with Gasteiger partial charge in [0.15, 0.2) is 0 Å². The first kappa shape index (κ1) is 15.2. The van der Waals surface area contributed by atoms with Gasteiger partial charge in [-0.25, -0.2) is 0 Å². The Morgan fingerprint density at radius 1 is 1.50 bits per heavy atom. The Kier molecular flexibility index (Phi) is 4.64. The quantitative estimate of drug-likeness (QED) is 0.605. The van der Waals surface area contributed by atoms with Gasteiger partial charge in [-0.15, -0.1) is 0 Å². The summed E-state index contributed by atoms with van der Waals surface area (Å²) in [5, 5.41) is 21.2. The maximum Gasteiger partial charge on any atom is 0.323 e. The molecular weight excluding hydrogens is 370 g/mol. The van der Waals surface area contributed by atoms with E-state index in [1.54, 1.807) is 18.2 Å². The number of hydrogen-bond acceptors (Lipinski definition) is 5. The number of hydrogen-bond donors (Lipinski definition) is 1. The van der Waals surface area contributed by atoms with Gasteiger partial charge in [0, 0.05) is 16.0 Å². The van der Waals surface area contributed by atoms with Crippen LogP contribution in [0, 0.1) is 10.1 Å². The fourth-order valence-corrected chi connectivity index (χ4v) is 3.13. The van der Waals surface area contributed by atoms with Crippen LogP contribution in [0.2, 0.25) is 5.02 Å². The van der Waals surface area contributed by atoms with E-state index >= 15 is 0 Å². The Morgan fingerprint density at radius 2 is 2.20 bits per heavy atom. The van der Waals surface area contributed by atoms with Crippen molar-refractivity contribution in [2.45, 2.75) is 13.0 Å². The fourth-order valence-electron chi connectivity index (χ4n) is 1.45. The van der Waals surface area contributed by atoms with E-state index in [1.165, 1.54) is 13.0 Å². The number of aliphatic hydroxyl groups excluding tert-OH is 1. The molecule has 0 fully saturated rings. The summed E-state index contributed by atoms with van der Waals surface area (Å²) in [4.78, 5) is 10.9. The monoisotopic (exact) mass is 377 g/mol. The molecule has 1 atom stereocenters. The van der Waals surface area contributed by atoms with E-state index in [0.717, 1.165) is 11.3 Å². The molecule has 0 saturated heterocycles. The van der Waals surface area contributed by atoms with Crippen LogP contribution in [0.1, 0.15) is 17.9 Å². The van der Waals surface area contributed by atoms with Crippen molar-refractivity contribution in [3.8, 4) is 10.8 Å². The highest BCUT2D eigenvalue weighted by Crippen LogP contribution is 2.43. The van der Waals surface area contributed by atoms with Crippen LogP contribution in [0.25, 0.3) is 0 Å². The SMILES string of the molecule is C[C@H](O)c1cc([N+](=O)[O-])c(Oc2ccc(Cl)cc2Br)s1. The number of rotatable bonds is 4. The van der Waals surface area contributed by atoms with Crippen molar-refractivity contribution in [3.63, 3.8) is 0 Å². The number of benzene rings is 1. The Hall–Kier alpha value is -1.15. The maximum atomic E-state index is 11.0. The van der Waals surface area contributed by atoms with Crippen molar-refractivity contribution in [3.05, 3.63) is 48.8 Å². The van der Waals surface area contributed by atoms with E-state index in [2.05, 4.69) is 15.9 Å². The van der Waals surface area contributed by atoms with E-state index in [-0.39, 0.29) is 10.8 Å². The van der Waals surface area contributed by atoms with Gasteiger partial charge in [-0.05, 0) is 41.1 Å². The molecule has 2 rings (SSSR count). The molecule has 2 aromatic rings. The fraction of sp³-hybridized carbons (Fsp3) is 0.167. The van der Waals surface area contributed by atoms with E-state index in [0.29, 0.717) is 20.1 Å². The molecule has 20 heavy (non-hydrogen) atoms. The first-order chi connectivity index (χ1) is 9.38. The molecule has 8 heteroatoms. The number of ether oxygens (including phenoxy) is 1. The Labute approximate surface area is 132 Å². The van der Waals surface area contributed by atoms with Crippen LogP contribution in [0.3, 0.4) is 0 Å². The van der Waals surface area contributed by atoms with Crippen molar-refractivity contribution in [1.82, 2.24) is 0 Å². The zero-order valence-electron chi connectivity index (χ0n) is 10.2. The number of thiophene rings is 1. The Morgan fingerprint density at radius 3 is 2.75 bits per heavy atom. The molecule has 0 aliphatic rings. The molecule has 1 aromatic heterocycles. The molecule has 0 amide bonds. The zero-order chi connectivity index (χ0) is 14.9. The van der Waals surface area contributed by atoms with Crippen LogP contribution in [-0.4, -0.2) is 10.0 Å². The van der Waals surface area contributed by atoms with Gasteiger partial charge < -0.3 is 9.84 Å². The summed E-state index contributed by atoms with van der Waals surface area (Å²) in [6.07, 6.45) is -0.787. The summed E-state index contributed by atoms with van der Waals surface area (Å²) in [6, 6.07) is 6.18. The van der Waals surface area contributed by atoms with Gasteiger partial charge in [0.1, 0.15) is 5.75 Å². The Bertz CT molecular complexity index is 659. The predicted octanol–water partition coefficient (Wildman–Crippen LogP) is 4.92. The minimum Gasteiger partial charge on any atom is -0.439 e. The standard InChI is InChI=1S/C12H9BrClNO4S/c1-6(16)11-5-9(15(17)18)12(20-11)19-10-3-2-7(14)4-8(10)13/h2-6,16H,1H3/t6-/m0/s1. The second kappa shape index (κ2) is 6.09. The van der Waals surface area contributed by atoms with Gasteiger partial charge in [0.2, 0.25) is 0 Å². The van der Waals surface area contributed by atoms with Crippen molar-refractivity contribution in [1.29, 1.82) is 0 Å². The maximum absolute atomic E-state index is 11.0. The van der Waals surface area contributed by atoms with Crippen molar-refractivity contribution < 1.29 is 14.8 Å². The summed E-state index contributed by atoms with van der Waals surface area (Å²) in [6.45, 7) is 1.54. The molecule has 0 aliphatic heterocycles. The minimum atomic E-state index is -0.787. The lowest BCUT2D eigenvalue weighted by Gasteiger charge is -2.05. The van der Waals surface area contributed by atoms with Crippen LogP contribution in [0.4, 0.5) is 5.69 Å². The van der Waals surface area contributed by atoms with Crippen LogP contribution >= 0.6 is 38.9 Å². The van der Waals surface area contributed by atoms with Gasteiger partial charge in [0.05, 0.1) is 15.5 Å². The molecule has 1 N–H and O–H groups in total. The second-order valence-electron chi connectivity index (χ2n) is 3.93. The predicted molar refractivity (Wildman–Crippen MR) is 80.8 cm³/mol. The molecule has 0 aliphatic carbocycles. The largest absolute Gasteiger partial charge is 0.439 e. The molecule has 0 spiro atoms.